The Kier molecular flexibility index (Phi) is 6.60. The van der Waals surface area contributed by atoms with E-state index in [1.165, 1.54) is 0 Å². The summed E-state index contributed by atoms with van der Waals surface area (Å²) in [5, 5.41) is 8.65. The van der Waals surface area contributed by atoms with Gasteiger partial charge in [-0.2, -0.15) is 0 Å². The molecular weight excluding hydrogens is 246 g/mol. The van der Waals surface area contributed by atoms with Crippen molar-refractivity contribution >= 4 is 11.9 Å². The lowest BCUT2D eigenvalue weighted by molar-refractivity contribution is -0.140. The van der Waals surface area contributed by atoms with Gasteiger partial charge in [0.1, 0.15) is 0 Å². The number of amides is 1. The van der Waals surface area contributed by atoms with Crippen LogP contribution in [0.25, 0.3) is 0 Å². The zero-order chi connectivity index (χ0) is 14.1. The number of primary amides is 1. The first-order valence-electron chi connectivity index (χ1n) is 6.22. The fraction of sp³-hybridized carbons (Fsp3) is 0.429. The monoisotopic (exact) mass is 265 g/mol. The molecule has 1 amide bonds. The molecule has 0 saturated heterocycles. The van der Waals surface area contributed by atoms with Crippen LogP contribution >= 0.6 is 0 Å². The molecule has 5 heteroatoms. The number of carboxylic acids is 1. The van der Waals surface area contributed by atoms with Crippen LogP contribution in [0.3, 0.4) is 0 Å². The van der Waals surface area contributed by atoms with Gasteiger partial charge < -0.3 is 15.6 Å². The average molecular weight is 265 g/mol. The summed E-state index contributed by atoms with van der Waals surface area (Å²) >= 11 is 0. The largest absolute Gasteiger partial charge is 0.481 e. The van der Waals surface area contributed by atoms with Crippen molar-refractivity contribution < 1.29 is 19.4 Å². The first-order chi connectivity index (χ1) is 9.09. The van der Waals surface area contributed by atoms with Gasteiger partial charge in [-0.05, 0) is 18.4 Å². The van der Waals surface area contributed by atoms with Gasteiger partial charge in [0.15, 0.2) is 0 Å². The van der Waals surface area contributed by atoms with E-state index in [-0.39, 0.29) is 6.42 Å². The third kappa shape index (κ3) is 6.57. The summed E-state index contributed by atoms with van der Waals surface area (Å²) in [5.74, 6) is -2.18. The van der Waals surface area contributed by atoms with Crippen LogP contribution < -0.4 is 5.73 Å². The van der Waals surface area contributed by atoms with Gasteiger partial charge in [0, 0.05) is 12.5 Å². The molecule has 0 radical (unpaired) electrons. The maximum atomic E-state index is 11.0. The van der Waals surface area contributed by atoms with Crippen molar-refractivity contribution in [1.29, 1.82) is 0 Å². The Labute approximate surface area is 112 Å². The third-order valence-electron chi connectivity index (χ3n) is 2.78. The maximum Gasteiger partial charge on any atom is 0.304 e. The number of hydrogen-bond donors (Lipinski definition) is 2. The van der Waals surface area contributed by atoms with Crippen molar-refractivity contribution in [2.75, 3.05) is 6.61 Å². The molecule has 5 nitrogen and oxygen atoms in total. The van der Waals surface area contributed by atoms with Crippen LogP contribution in [0.15, 0.2) is 30.3 Å². The van der Waals surface area contributed by atoms with Crippen LogP contribution in [0.4, 0.5) is 0 Å². The molecule has 0 aliphatic heterocycles. The summed E-state index contributed by atoms with van der Waals surface area (Å²) in [6.07, 6.45) is 0.845. The lowest BCUT2D eigenvalue weighted by atomic mass is 9.99. The van der Waals surface area contributed by atoms with Gasteiger partial charge in [-0.15, -0.1) is 0 Å². The minimum absolute atomic E-state index is 0.214. The Bertz CT molecular complexity index is 405. The molecular formula is C14H19NO4. The summed E-state index contributed by atoms with van der Waals surface area (Å²) < 4.78 is 5.46. The van der Waals surface area contributed by atoms with E-state index in [1.54, 1.807) is 0 Å². The second kappa shape index (κ2) is 8.26. The van der Waals surface area contributed by atoms with Gasteiger partial charge in [-0.25, -0.2) is 0 Å². The molecule has 0 heterocycles. The van der Waals surface area contributed by atoms with Crippen LogP contribution in [0.1, 0.15) is 24.8 Å². The van der Waals surface area contributed by atoms with E-state index in [0.29, 0.717) is 26.1 Å². The van der Waals surface area contributed by atoms with Gasteiger partial charge in [-0.3, -0.25) is 9.59 Å². The third-order valence-corrected chi connectivity index (χ3v) is 2.78. The molecule has 0 bridgehead atoms. The first-order valence-corrected chi connectivity index (χ1v) is 6.22. The highest BCUT2D eigenvalue weighted by Gasteiger charge is 2.18. The molecule has 0 aromatic heterocycles. The van der Waals surface area contributed by atoms with Crippen LogP contribution in [0.2, 0.25) is 0 Å². The van der Waals surface area contributed by atoms with E-state index in [2.05, 4.69) is 0 Å². The molecule has 3 N–H and O–H groups in total. The minimum Gasteiger partial charge on any atom is -0.481 e. The van der Waals surface area contributed by atoms with Crippen molar-refractivity contribution in [1.82, 2.24) is 0 Å². The zero-order valence-corrected chi connectivity index (χ0v) is 10.7. The van der Waals surface area contributed by atoms with Crippen molar-refractivity contribution in [3.05, 3.63) is 35.9 Å². The summed E-state index contributed by atoms with van der Waals surface area (Å²) in [5.41, 5.74) is 6.23. The number of aliphatic carboxylic acids is 1. The Morgan fingerprint density at radius 1 is 1.26 bits per heavy atom. The number of rotatable bonds is 9. The zero-order valence-electron chi connectivity index (χ0n) is 10.7. The predicted octanol–water partition coefficient (Wildman–Crippen LogP) is 1.56. The molecule has 1 aromatic rings. The van der Waals surface area contributed by atoms with Crippen LogP contribution in [-0.2, 0) is 20.9 Å². The van der Waals surface area contributed by atoms with Crippen LogP contribution in [0.5, 0.6) is 0 Å². The summed E-state index contributed by atoms with van der Waals surface area (Å²) in [6, 6.07) is 9.75. The molecule has 0 aliphatic carbocycles. The van der Waals surface area contributed by atoms with E-state index in [0.717, 1.165) is 5.56 Å². The summed E-state index contributed by atoms with van der Waals surface area (Å²) in [7, 11) is 0. The summed E-state index contributed by atoms with van der Waals surface area (Å²) in [4.78, 5) is 21.6. The molecule has 19 heavy (non-hydrogen) atoms. The second-order valence-corrected chi connectivity index (χ2v) is 4.38. The Hall–Kier alpha value is -1.88. The van der Waals surface area contributed by atoms with E-state index in [4.69, 9.17) is 15.6 Å². The fourth-order valence-electron chi connectivity index (χ4n) is 1.75. The van der Waals surface area contributed by atoms with E-state index in [9.17, 15) is 9.59 Å². The number of carbonyl (C=O) groups is 2. The van der Waals surface area contributed by atoms with Gasteiger partial charge in [0.25, 0.3) is 0 Å². The van der Waals surface area contributed by atoms with Gasteiger partial charge in [0.2, 0.25) is 5.91 Å². The van der Waals surface area contributed by atoms with Gasteiger partial charge in [-0.1, -0.05) is 30.3 Å². The predicted molar refractivity (Wildman–Crippen MR) is 70.3 cm³/mol. The highest BCUT2D eigenvalue weighted by atomic mass is 16.5. The maximum absolute atomic E-state index is 11.0. The number of nitrogens with two attached hydrogens (primary N) is 1. The molecule has 104 valence electrons. The van der Waals surface area contributed by atoms with E-state index < -0.39 is 17.8 Å². The minimum atomic E-state index is -1.01. The Morgan fingerprint density at radius 2 is 1.95 bits per heavy atom. The lowest BCUT2D eigenvalue weighted by Crippen LogP contribution is -2.25. The van der Waals surface area contributed by atoms with Gasteiger partial charge >= 0.3 is 5.97 Å². The fourth-order valence-corrected chi connectivity index (χ4v) is 1.75. The summed E-state index contributed by atoms with van der Waals surface area (Å²) in [6.45, 7) is 0.999. The van der Waals surface area contributed by atoms with E-state index >= 15 is 0 Å². The van der Waals surface area contributed by atoms with Gasteiger partial charge in [0.05, 0.1) is 13.0 Å². The number of carbonyl (C=O) groups excluding carboxylic acids is 1. The van der Waals surface area contributed by atoms with Crippen molar-refractivity contribution in [2.24, 2.45) is 11.7 Å². The quantitative estimate of drug-likeness (QED) is 0.663. The number of benzene rings is 1. The normalized spacial score (nSPS) is 12.0. The number of hydrogen-bond acceptors (Lipinski definition) is 3. The molecule has 0 saturated carbocycles. The molecule has 1 atom stereocenters. The Morgan fingerprint density at radius 3 is 2.53 bits per heavy atom. The standard InChI is InChI=1S/C14H19NO4/c15-14(18)12(9-13(16)17)7-4-8-19-10-11-5-2-1-3-6-11/h1-3,5-6,12H,4,7-10H2,(H2,15,18)(H,16,17)/t12-/m0/s1. The Balaban J connectivity index is 2.18. The first kappa shape index (κ1) is 15.2. The number of carboxylic acid groups (broad SMARTS) is 1. The van der Waals surface area contributed by atoms with Crippen LogP contribution in [0, 0.1) is 5.92 Å². The molecule has 0 fully saturated rings. The van der Waals surface area contributed by atoms with Crippen molar-refractivity contribution in [2.45, 2.75) is 25.9 Å². The highest BCUT2D eigenvalue weighted by Crippen LogP contribution is 2.11. The van der Waals surface area contributed by atoms with Crippen molar-refractivity contribution in [3.8, 4) is 0 Å². The van der Waals surface area contributed by atoms with E-state index in [1.807, 2.05) is 30.3 Å². The molecule has 1 aromatic carbocycles. The smallest absolute Gasteiger partial charge is 0.304 e. The lowest BCUT2D eigenvalue weighted by Gasteiger charge is -2.10. The average Bonchev–Trinajstić information content (AvgIpc) is 2.37. The molecule has 0 spiro atoms. The van der Waals surface area contributed by atoms with Crippen LogP contribution in [-0.4, -0.2) is 23.6 Å². The number of ether oxygens (including phenoxy) is 1. The SMILES string of the molecule is NC(=O)[C@@H](CCCOCc1ccccc1)CC(=O)O. The second-order valence-electron chi connectivity index (χ2n) is 4.38. The highest BCUT2D eigenvalue weighted by molar-refractivity contribution is 5.81. The topological polar surface area (TPSA) is 89.6 Å². The van der Waals surface area contributed by atoms with Crippen molar-refractivity contribution in [3.63, 3.8) is 0 Å². The molecule has 0 unspecified atom stereocenters. The molecule has 1 rings (SSSR count). The molecule has 0 aliphatic rings.